The van der Waals surface area contributed by atoms with Crippen molar-refractivity contribution >= 4 is 14.1 Å². The van der Waals surface area contributed by atoms with Crippen LogP contribution >= 0.6 is 8.17 Å². The average Bonchev–Trinajstić information content (AvgIpc) is 1.80. The third-order valence-electron chi connectivity index (χ3n) is 0.691. The molecular weight excluding hydrogens is 179 g/mol. The van der Waals surface area contributed by atoms with Crippen molar-refractivity contribution in [1.82, 2.24) is 0 Å². The van der Waals surface area contributed by atoms with Crippen molar-refractivity contribution in [2.24, 2.45) is 0 Å². The number of aliphatic hydroxyl groups is 1. The van der Waals surface area contributed by atoms with Gasteiger partial charge in [-0.1, -0.05) is 0 Å². The fourth-order valence-corrected chi connectivity index (χ4v) is 0.583. The SMILES string of the molecule is O=C(O)[C@H](O)CO[P+](O)(O)O. The summed E-state index contributed by atoms with van der Waals surface area (Å²) in [5.74, 6) is -1.57. The fourth-order valence-electron chi connectivity index (χ4n) is 0.242. The van der Waals surface area contributed by atoms with Gasteiger partial charge in [0.2, 0.25) is 0 Å². The lowest BCUT2D eigenvalue weighted by atomic mass is 10.4. The van der Waals surface area contributed by atoms with E-state index in [1.54, 1.807) is 0 Å². The molecule has 66 valence electrons. The predicted octanol–water partition coefficient (Wildman–Crippen LogP) is -1.90. The van der Waals surface area contributed by atoms with E-state index >= 15 is 0 Å². The minimum atomic E-state index is -4.43. The van der Waals surface area contributed by atoms with Gasteiger partial charge in [0.25, 0.3) is 0 Å². The molecule has 0 aromatic carbocycles. The number of aliphatic hydroxyl groups excluding tert-OH is 1. The van der Waals surface area contributed by atoms with Crippen LogP contribution in [-0.2, 0) is 9.32 Å². The number of aliphatic carboxylic acids is 1. The van der Waals surface area contributed by atoms with Crippen LogP contribution in [0.25, 0.3) is 0 Å². The molecule has 5 N–H and O–H groups in total. The third-order valence-corrected chi connectivity index (χ3v) is 1.19. The first kappa shape index (κ1) is 10.7. The Labute approximate surface area is 62.1 Å². The summed E-state index contributed by atoms with van der Waals surface area (Å²) in [6.45, 7) is -0.868. The Hall–Kier alpha value is -0.300. The minimum absolute atomic E-state index is 0.868. The second kappa shape index (κ2) is 3.91. The Balaban J connectivity index is 3.63. The maximum absolute atomic E-state index is 9.85. The lowest BCUT2D eigenvalue weighted by Crippen LogP contribution is -2.25. The van der Waals surface area contributed by atoms with Crippen molar-refractivity contribution in [2.75, 3.05) is 6.61 Å². The number of carbonyl (C=O) groups is 1. The van der Waals surface area contributed by atoms with Gasteiger partial charge in [-0.05, 0) is 0 Å². The molecule has 0 bridgehead atoms. The summed E-state index contributed by atoms with van der Waals surface area (Å²) in [6, 6.07) is 0. The molecule has 0 rings (SSSR count). The van der Waals surface area contributed by atoms with Crippen LogP contribution in [0.1, 0.15) is 0 Å². The quantitative estimate of drug-likeness (QED) is 0.325. The normalized spacial score (nSPS) is 14.5. The van der Waals surface area contributed by atoms with Gasteiger partial charge >= 0.3 is 14.1 Å². The Morgan fingerprint density at radius 1 is 1.45 bits per heavy atom. The van der Waals surface area contributed by atoms with Crippen molar-refractivity contribution in [3.63, 3.8) is 0 Å². The molecule has 0 unspecified atom stereocenters. The van der Waals surface area contributed by atoms with E-state index in [1.807, 2.05) is 0 Å². The van der Waals surface area contributed by atoms with Gasteiger partial charge in [-0.25, -0.2) is 4.79 Å². The highest BCUT2D eigenvalue weighted by Crippen LogP contribution is 2.45. The summed E-state index contributed by atoms with van der Waals surface area (Å²) in [7, 11) is -4.43. The molecule has 0 aromatic rings. The first-order valence-electron chi connectivity index (χ1n) is 2.45. The van der Waals surface area contributed by atoms with Crippen LogP contribution < -0.4 is 0 Å². The van der Waals surface area contributed by atoms with Crippen molar-refractivity contribution in [1.29, 1.82) is 0 Å². The molecule has 0 radical (unpaired) electrons. The monoisotopic (exact) mass is 187 g/mol. The highest BCUT2D eigenvalue weighted by Gasteiger charge is 2.35. The topological polar surface area (TPSA) is 127 Å². The molecule has 0 saturated carbocycles. The zero-order valence-electron chi connectivity index (χ0n) is 5.28. The molecule has 8 heteroatoms. The molecule has 0 aliphatic carbocycles. The maximum atomic E-state index is 9.85. The zero-order chi connectivity index (χ0) is 9.07. The molecule has 0 spiro atoms. The molecular formula is C3H8O7P+. The van der Waals surface area contributed by atoms with E-state index in [-0.39, 0.29) is 0 Å². The van der Waals surface area contributed by atoms with Gasteiger partial charge < -0.3 is 10.2 Å². The Morgan fingerprint density at radius 3 is 2.18 bits per heavy atom. The number of rotatable bonds is 4. The van der Waals surface area contributed by atoms with Gasteiger partial charge in [0.05, 0.1) is 0 Å². The lowest BCUT2D eigenvalue weighted by Gasteiger charge is -2.04. The van der Waals surface area contributed by atoms with Crippen LogP contribution in [0.2, 0.25) is 0 Å². The Kier molecular flexibility index (Phi) is 3.81. The molecule has 0 aliphatic rings. The van der Waals surface area contributed by atoms with Gasteiger partial charge in [-0.15, -0.1) is 0 Å². The van der Waals surface area contributed by atoms with Crippen LogP contribution in [-0.4, -0.2) is 43.6 Å². The highest BCUT2D eigenvalue weighted by atomic mass is 31.2. The average molecular weight is 187 g/mol. The molecule has 0 aliphatic heterocycles. The summed E-state index contributed by atoms with van der Waals surface area (Å²) in [6.07, 6.45) is -1.87. The second-order valence-electron chi connectivity index (χ2n) is 1.66. The van der Waals surface area contributed by atoms with Crippen LogP contribution in [0.3, 0.4) is 0 Å². The van der Waals surface area contributed by atoms with Crippen molar-refractivity contribution in [2.45, 2.75) is 6.10 Å². The minimum Gasteiger partial charge on any atom is -0.479 e. The number of hydrogen-bond acceptors (Lipinski definition) is 6. The fraction of sp³-hybridized carbons (Fsp3) is 0.667. The van der Waals surface area contributed by atoms with Gasteiger partial charge in [0.1, 0.15) is 6.61 Å². The summed E-state index contributed by atoms with van der Waals surface area (Å²) in [4.78, 5) is 34.3. The molecule has 0 saturated heterocycles. The predicted molar refractivity (Wildman–Crippen MR) is 33.2 cm³/mol. The van der Waals surface area contributed by atoms with Crippen molar-refractivity contribution in [3.05, 3.63) is 0 Å². The lowest BCUT2D eigenvalue weighted by molar-refractivity contribution is -0.148. The number of carboxylic acid groups (broad SMARTS) is 1. The van der Waals surface area contributed by atoms with Crippen molar-refractivity contribution in [3.8, 4) is 0 Å². The molecule has 0 amide bonds. The molecule has 11 heavy (non-hydrogen) atoms. The van der Waals surface area contributed by atoms with Gasteiger partial charge in [0.15, 0.2) is 6.10 Å². The van der Waals surface area contributed by atoms with Gasteiger partial charge in [-0.3, -0.25) is 0 Å². The number of carboxylic acids is 1. The standard InChI is InChI=1S/C3H7O7P/c4-2(3(5)6)1-10-11(7,8)9/h2,4,7-9H,1H2/p+1/t2-/m1/s1. The van der Waals surface area contributed by atoms with E-state index in [0.717, 1.165) is 0 Å². The Morgan fingerprint density at radius 2 is 1.91 bits per heavy atom. The van der Waals surface area contributed by atoms with Crippen molar-refractivity contribution < 1.29 is 34.2 Å². The van der Waals surface area contributed by atoms with E-state index in [0.29, 0.717) is 0 Å². The van der Waals surface area contributed by atoms with Crippen LogP contribution in [0.5, 0.6) is 0 Å². The number of hydrogen-bond donors (Lipinski definition) is 5. The smallest absolute Gasteiger partial charge is 0.479 e. The summed E-state index contributed by atoms with van der Waals surface area (Å²) >= 11 is 0. The van der Waals surface area contributed by atoms with Crippen LogP contribution in [0.15, 0.2) is 0 Å². The summed E-state index contributed by atoms with van der Waals surface area (Å²) in [5.41, 5.74) is 0. The highest BCUT2D eigenvalue weighted by molar-refractivity contribution is 7.53. The second-order valence-corrected chi connectivity index (χ2v) is 2.95. The largest absolute Gasteiger partial charge is 0.567 e. The van der Waals surface area contributed by atoms with E-state index in [9.17, 15) is 4.79 Å². The molecule has 0 heterocycles. The summed E-state index contributed by atoms with van der Waals surface area (Å²) < 4.78 is 3.80. The molecule has 7 nitrogen and oxygen atoms in total. The van der Waals surface area contributed by atoms with E-state index in [2.05, 4.69) is 4.52 Å². The molecule has 1 atom stereocenters. The van der Waals surface area contributed by atoms with Crippen LogP contribution in [0, 0.1) is 0 Å². The summed E-state index contributed by atoms with van der Waals surface area (Å²) in [5, 5.41) is 16.5. The molecule has 0 fully saturated rings. The molecule has 0 aromatic heterocycles. The zero-order valence-corrected chi connectivity index (χ0v) is 6.18. The van der Waals surface area contributed by atoms with Crippen LogP contribution in [0.4, 0.5) is 0 Å². The van der Waals surface area contributed by atoms with Gasteiger partial charge in [0, 0.05) is 0 Å². The van der Waals surface area contributed by atoms with E-state index in [4.69, 9.17) is 24.9 Å². The third kappa shape index (κ3) is 6.11. The van der Waals surface area contributed by atoms with Gasteiger partial charge in [-0.2, -0.15) is 19.2 Å². The van der Waals surface area contributed by atoms with E-state index in [1.165, 1.54) is 0 Å². The van der Waals surface area contributed by atoms with E-state index < -0.39 is 26.9 Å². The maximum Gasteiger partial charge on any atom is 0.567 e. The first-order chi connectivity index (χ1) is 4.83. The first-order valence-corrected chi connectivity index (χ1v) is 4.02. The Bertz CT molecular complexity index is 139.